The van der Waals surface area contributed by atoms with Gasteiger partial charge in [0.2, 0.25) is 0 Å². The van der Waals surface area contributed by atoms with E-state index in [4.69, 9.17) is 16.7 Å². The lowest BCUT2D eigenvalue weighted by atomic mass is 10.2. The first-order chi connectivity index (χ1) is 7.08. The van der Waals surface area contributed by atoms with Crippen LogP contribution in [0.25, 0.3) is 10.1 Å². The van der Waals surface area contributed by atoms with E-state index in [1.54, 1.807) is 18.2 Å². The minimum absolute atomic E-state index is 0.0277. The Labute approximate surface area is 94.5 Å². The van der Waals surface area contributed by atoms with Crippen LogP contribution >= 0.6 is 22.9 Å². The van der Waals surface area contributed by atoms with Gasteiger partial charge in [0.05, 0.1) is 11.3 Å². The van der Waals surface area contributed by atoms with Gasteiger partial charge in [-0.15, -0.1) is 11.3 Å². The second kappa shape index (κ2) is 3.72. The van der Waals surface area contributed by atoms with E-state index < -0.39 is 5.97 Å². The summed E-state index contributed by atoms with van der Waals surface area (Å²) in [7, 11) is 0. The van der Waals surface area contributed by atoms with Crippen LogP contribution in [0.15, 0.2) is 18.2 Å². The van der Waals surface area contributed by atoms with Crippen LogP contribution in [0.5, 0.6) is 5.75 Å². The molecule has 0 saturated carbocycles. The van der Waals surface area contributed by atoms with Gasteiger partial charge < -0.3 is 10.2 Å². The molecule has 0 bridgehead atoms. The molecule has 0 unspecified atom stereocenters. The number of fused-ring (bicyclic) bond motifs is 1. The third-order valence-electron chi connectivity index (χ3n) is 2.01. The summed E-state index contributed by atoms with van der Waals surface area (Å²) in [4.78, 5) is 11.0. The van der Waals surface area contributed by atoms with Crippen molar-refractivity contribution < 1.29 is 15.0 Å². The van der Waals surface area contributed by atoms with Crippen LogP contribution < -0.4 is 0 Å². The molecule has 1 heterocycles. The normalized spacial score (nSPS) is 10.7. The Morgan fingerprint density at radius 3 is 2.87 bits per heavy atom. The number of aliphatic carboxylic acids is 1. The summed E-state index contributed by atoms with van der Waals surface area (Å²) >= 11 is 7.05. The van der Waals surface area contributed by atoms with E-state index in [1.807, 2.05) is 0 Å². The number of rotatable bonds is 2. The quantitative estimate of drug-likeness (QED) is 0.851. The van der Waals surface area contributed by atoms with Gasteiger partial charge in [-0.05, 0) is 18.2 Å². The maximum atomic E-state index is 10.5. The number of thiophene rings is 1. The maximum Gasteiger partial charge on any atom is 0.308 e. The molecular weight excluding hydrogens is 236 g/mol. The fourth-order valence-electron chi connectivity index (χ4n) is 1.36. The minimum atomic E-state index is -0.956. The summed E-state index contributed by atoms with van der Waals surface area (Å²) in [5, 5.41) is 19.5. The molecule has 0 aliphatic carbocycles. The van der Waals surface area contributed by atoms with Crippen molar-refractivity contribution in [1.82, 2.24) is 0 Å². The second-order valence-electron chi connectivity index (χ2n) is 3.08. The molecule has 3 nitrogen and oxygen atoms in total. The van der Waals surface area contributed by atoms with Gasteiger partial charge in [-0.2, -0.15) is 0 Å². The molecule has 2 rings (SSSR count). The predicted molar refractivity (Wildman–Crippen MR) is 59.8 cm³/mol. The molecule has 0 spiro atoms. The highest BCUT2D eigenvalue weighted by molar-refractivity contribution is 7.19. The Balaban J connectivity index is 2.59. The van der Waals surface area contributed by atoms with Gasteiger partial charge in [0, 0.05) is 15.1 Å². The molecule has 0 fully saturated rings. The molecule has 78 valence electrons. The van der Waals surface area contributed by atoms with Crippen molar-refractivity contribution in [3.63, 3.8) is 0 Å². The van der Waals surface area contributed by atoms with Crippen LogP contribution in [0, 0.1) is 0 Å². The lowest BCUT2D eigenvalue weighted by molar-refractivity contribution is -0.136. The largest absolute Gasteiger partial charge is 0.506 e. The number of halogens is 1. The highest BCUT2D eigenvalue weighted by atomic mass is 35.5. The van der Waals surface area contributed by atoms with Gasteiger partial charge in [-0.3, -0.25) is 4.79 Å². The summed E-state index contributed by atoms with van der Waals surface area (Å²) in [5.74, 6) is -0.928. The molecule has 2 N–H and O–H groups in total. The maximum absolute atomic E-state index is 10.5. The van der Waals surface area contributed by atoms with Crippen molar-refractivity contribution in [1.29, 1.82) is 0 Å². The SMILES string of the molecule is O=C(O)Cc1sc2ccc(Cl)cc2c1O. The number of hydrogen-bond donors (Lipinski definition) is 2. The smallest absolute Gasteiger partial charge is 0.308 e. The number of hydrogen-bond acceptors (Lipinski definition) is 3. The van der Waals surface area contributed by atoms with E-state index in [2.05, 4.69) is 0 Å². The third kappa shape index (κ3) is 1.91. The highest BCUT2D eigenvalue weighted by Crippen LogP contribution is 2.38. The first-order valence-corrected chi connectivity index (χ1v) is 5.39. The number of carbonyl (C=O) groups is 1. The minimum Gasteiger partial charge on any atom is -0.506 e. The summed E-state index contributed by atoms with van der Waals surface area (Å²) in [6.07, 6.45) is -0.164. The Kier molecular flexibility index (Phi) is 2.54. The molecule has 2 aromatic rings. The van der Waals surface area contributed by atoms with E-state index in [0.29, 0.717) is 15.3 Å². The predicted octanol–water partition coefficient (Wildman–Crippen LogP) is 2.89. The summed E-state index contributed by atoms with van der Waals surface area (Å²) in [6, 6.07) is 5.12. The average Bonchev–Trinajstić information content (AvgIpc) is 2.44. The molecule has 15 heavy (non-hydrogen) atoms. The number of aromatic hydroxyl groups is 1. The third-order valence-corrected chi connectivity index (χ3v) is 3.40. The summed E-state index contributed by atoms with van der Waals surface area (Å²) in [6.45, 7) is 0. The number of carboxylic acid groups (broad SMARTS) is 1. The van der Waals surface area contributed by atoms with Crippen LogP contribution in [0.4, 0.5) is 0 Å². The highest BCUT2D eigenvalue weighted by Gasteiger charge is 2.13. The van der Waals surface area contributed by atoms with Gasteiger partial charge in [0.15, 0.2) is 0 Å². The topological polar surface area (TPSA) is 57.5 Å². The first-order valence-electron chi connectivity index (χ1n) is 4.19. The van der Waals surface area contributed by atoms with Crippen molar-refractivity contribution in [2.24, 2.45) is 0 Å². The first kappa shape index (κ1) is 10.3. The molecule has 5 heteroatoms. The van der Waals surface area contributed by atoms with Gasteiger partial charge in [-0.1, -0.05) is 11.6 Å². The van der Waals surface area contributed by atoms with Crippen molar-refractivity contribution in [2.45, 2.75) is 6.42 Å². The van der Waals surface area contributed by atoms with Crippen molar-refractivity contribution in [3.05, 3.63) is 28.1 Å². The molecule has 0 atom stereocenters. The molecule has 1 aromatic carbocycles. The van der Waals surface area contributed by atoms with E-state index >= 15 is 0 Å². The Morgan fingerprint density at radius 1 is 1.47 bits per heavy atom. The number of carboxylic acids is 1. The zero-order valence-electron chi connectivity index (χ0n) is 7.53. The fraction of sp³-hybridized carbons (Fsp3) is 0.100. The Bertz CT molecular complexity index is 533. The van der Waals surface area contributed by atoms with Gasteiger partial charge in [-0.25, -0.2) is 0 Å². The van der Waals surface area contributed by atoms with Crippen molar-refractivity contribution >= 4 is 39.0 Å². The average molecular weight is 243 g/mol. The molecule has 0 aliphatic heterocycles. The lowest BCUT2D eigenvalue weighted by Crippen LogP contribution is -1.97. The van der Waals surface area contributed by atoms with E-state index in [9.17, 15) is 9.90 Å². The zero-order valence-corrected chi connectivity index (χ0v) is 9.10. The van der Waals surface area contributed by atoms with E-state index in [-0.39, 0.29) is 12.2 Å². The molecule has 0 radical (unpaired) electrons. The molecular formula is C10H7ClO3S. The molecule has 1 aromatic heterocycles. The van der Waals surface area contributed by atoms with E-state index in [1.165, 1.54) is 11.3 Å². The molecule has 0 aliphatic rings. The van der Waals surface area contributed by atoms with Crippen molar-refractivity contribution in [2.75, 3.05) is 0 Å². The van der Waals surface area contributed by atoms with E-state index in [0.717, 1.165) is 4.70 Å². The monoisotopic (exact) mass is 242 g/mol. The fourth-order valence-corrected chi connectivity index (χ4v) is 2.61. The standard InChI is InChI=1S/C10H7ClO3S/c11-5-1-2-7-6(3-5)10(14)8(15-7)4-9(12)13/h1-3,14H,4H2,(H,12,13). The number of benzene rings is 1. The molecule has 0 amide bonds. The summed E-state index contributed by atoms with van der Waals surface area (Å²) < 4.78 is 0.841. The van der Waals surface area contributed by atoms with Crippen LogP contribution in [-0.2, 0) is 11.2 Å². The molecule has 0 saturated heterocycles. The van der Waals surface area contributed by atoms with Crippen LogP contribution in [0.1, 0.15) is 4.88 Å². The van der Waals surface area contributed by atoms with Crippen LogP contribution in [0.2, 0.25) is 5.02 Å². The Morgan fingerprint density at radius 2 is 2.20 bits per heavy atom. The van der Waals surface area contributed by atoms with Crippen molar-refractivity contribution in [3.8, 4) is 5.75 Å². The zero-order chi connectivity index (χ0) is 11.0. The summed E-state index contributed by atoms with van der Waals surface area (Å²) in [5.41, 5.74) is 0. The van der Waals surface area contributed by atoms with Crippen LogP contribution in [-0.4, -0.2) is 16.2 Å². The van der Waals surface area contributed by atoms with Gasteiger partial charge >= 0.3 is 5.97 Å². The van der Waals surface area contributed by atoms with Gasteiger partial charge in [0.1, 0.15) is 5.75 Å². The van der Waals surface area contributed by atoms with Gasteiger partial charge in [0.25, 0.3) is 0 Å². The Hall–Kier alpha value is -1.26. The van der Waals surface area contributed by atoms with Crippen LogP contribution in [0.3, 0.4) is 0 Å². The second-order valence-corrected chi connectivity index (χ2v) is 4.66. The lowest BCUT2D eigenvalue weighted by Gasteiger charge is -1.93.